The predicted octanol–water partition coefficient (Wildman–Crippen LogP) is 4.78. The zero-order chi connectivity index (χ0) is 14.7. The first-order chi connectivity index (χ1) is 10.2. The minimum absolute atomic E-state index is 0.0492. The van der Waals surface area contributed by atoms with Gasteiger partial charge in [-0.05, 0) is 29.8 Å². The normalized spacial score (nSPS) is 11.0. The smallest absolute Gasteiger partial charge is 0.263 e. The third-order valence-corrected chi connectivity index (χ3v) is 3.36. The summed E-state index contributed by atoms with van der Waals surface area (Å²) in [7, 11) is 0. The first-order valence-electron chi connectivity index (χ1n) is 6.68. The fraction of sp³-hybridized carbons (Fsp3) is 0.118. The highest BCUT2D eigenvalue weighted by Gasteiger charge is 2.06. The third-order valence-electron chi connectivity index (χ3n) is 3.36. The van der Waals surface area contributed by atoms with Gasteiger partial charge in [-0.2, -0.15) is 0 Å². The largest absolute Gasteiger partial charge is 0.380 e. The van der Waals surface area contributed by atoms with E-state index in [4.69, 9.17) is 0 Å². The van der Waals surface area contributed by atoms with Crippen LogP contribution in [0.25, 0.3) is 10.9 Å². The molecule has 0 unspecified atom stereocenters. The Kier molecular flexibility index (Phi) is 3.77. The number of hydrogen-bond acceptors (Lipinski definition) is 2. The molecule has 0 amide bonds. The Morgan fingerprint density at radius 1 is 0.952 bits per heavy atom. The van der Waals surface area contributed by atoms with Crippen LogP contribution in [0, 0.1) is 0 Å². The number of anilines is 1. The Balaban J connectivity index is 1.77. The second kappa shape index (κ2) is 5.87. The van der Waals surface area contributed by atoms with Gasteiger partial charge >= 0.3 is 0 Å². The molecule has 4 heteroatoms. The number of aromatic nitrogens is 1. The number of rotatable bonds is 4. The van der Waals surface area contributed by atoms with Gasteiger partial charge in [0.2, 0.25) is 0 Å². The van der Waals surface area contributed by atoms with Crippen LogP contribution in [-0.2, 0) is 6.54 Å². The molecule has 0 radical (unpaired) electrons. The molecule has 3 aromatic rings. The van der Waals surface area contributed by atoms with Crippen molar-refractivity contribution >= 4 is 16.6 Å². The molecule has 0 aliphatic carbocycles. The number of nitrogens with one attached hydrogen (secondary N) is 1. The van der Waals surface area contributed by atoms with Gasteiger partial charge in [0.1, 0.15) is 0 Å². The summed E-state index contributed by atoms with van der Waals surface area (Å²) in [4.78, 5) is 4.30. The van der Waals surface area contributed by atoms with E-state index in [9.17, 15) is 8.78 Å². The van der Waals surface area contributed by atoms with Crippen LogP contribution in [0.1, 0.15) is 17.6 Å². The molecular formula is C17H14F2N2. The lowest BCUT2D eigenvalue weighted by Gasteiger charge is -2.10. The van der Waals surface area contributed by atoms with Crippen molar-refractivity contribution < 1.29 is 8.78 Å². The molecule has 1 N–H and O–H groups in total. The number of halogens is 2. The van der Waals surface area contributed by atoms with E-state index in [2.05, 4.69) is 10.3 Å². The third kappa shape index (κ3) is 2.99. The second-order valence-corrected chi connectivity index (χ2v) is 4.77. The van der Waals surface area contributed by atoms with Crippen LogP contribution >= 0.6 is 0 Å². The van der Waals surface area contributed by atoms with E-state index in [0.29, 0.717) is 6.54 Å². The average Bonchev–Trinajstić information content (AvgIpc) is 2.53. The van der Waals surface area contributed by atoms with E-state index in [0.717, 1.165) is 22.2 Å². The molecule has 0 atom stereocenters. The topological polar surface area (TPSA) is 24.9 Å². The maximum Gasteiger partial charge on any atom is 0.263 e. The van der Waals surface area contributed by atoms with Gasteiger partial charge in [0, 0.05) is 29.4 Å². The maximum atomic E-state index is 12.5. The molecule has 0 fully saturated rings. The number of pyridine rings is 1. The molecule has 0 spiro atoms. The van der Waals surface area contributed by atoms with E-state index in [1.54, 1.807) is 18.3 Å². The SMILES string of the molecule is FC(F)c1ccc(CNc2cccc3ncccc23)cc1. The number of fused-ring (bicyclic) bond motifs is 1. The average molecular weight is 284 g/mol. The highest BCUT2D eigenvalue weighted by Crippen LogP contribution is 2.23. The first-order valence-corrected chi connectivity index (χ1v) is 6.68. The molecule has 0 saturated carbocycles. The molecular weight excluding hydrogens is 270 g/mol. The van der Waals surface area contributed by atoms with E-state index in [-0.39, 0.29) is 5.56 Å². The summed E-state index contributed by atoms with van der Waals surface area (Å²) in [6.45, 7) is 0.581. The predicted molar refractivity (Wildman–Crippen MR) is 80.5 cm³/mol. The number of hydrogen-bond donors (Lipinski definition) is 1. The molecule has 1 aromatic heterocycles. The Labute approximate surface area is 121 Å². The monoisotopic (exact) mass is 284 g/mol. The van der Waals surface area contributed by atoms with Crippen molar-refractivity contribution in [1.82, 2.24) is 4.98 Å². The van der Waals surface area contributed by atoms with Crippen LogP contribution in [0.2, 0.25) is 0 Å². The Morgan fingerprint density at radius 2 is 1.76 bits per heavy atom. The van der Waals surface area contributed by atoms with Crippen LogP contribution < -0.4 is 5.32 Å². The van der Waals surface area contributed by atoms with Gasteiger partial charge < -0.3 is 5.32 Å². The lowest BCUT2D eigenvalue weighted by Crippen LogP contribution is -2.00. The number of nitrogens with zero attached hydrogens (tertiary/aromatic N) is 1. The van der Waals surface area contributed by atoms with Crippen molar-refractivity contribution in [3.63, 3.8) is 0 Å². The van der Waals surface area contributed by atoms with E-state index in [1.165, 1.54) is 12.1 Å². The van der Waals surface area contributed by atoms with Crippen molar-refractivity contribution in [3.05, 3.63) is 71.9 Å². The van der Waals surface area contributed by atoms with Crippen molar-refractivity contribution in [2.45, 2.75) is 13.0 Å². The molecule has 2 aromatic carbocycles. The lowest BCUT2D eigenvalue weighted by atomic mass is 10.1. The van der Waals surface area contributed by atoms with Gasteiger partial charge in [0.05, 0.1) is 5.52 Å². The fourth-order valence-corrected chi connectivity index (χ4v) is 2.24. The maximum absolute atomic E-state index is 12.5. The molecule has 1 heterocycles. The minimum Gasteiger partial charge on any atom is -0.380 e. The van der Waals surface area contributed by atoms with E-state index < -0.39 is 6.43 Å². The van der Waals surface area contributed by atoms with Gasteiger partial charge in [0.25, 0.3) is 6.43 Å². The fourth-order valence-electron chi connectivity index (χ4n) is 2.24. The standard InChI is InChI=1S/C17H14F2N2/c18-17(19)13-8-6-12(7-9-13)11-21-16-5-1-4-15-14(16)3-2-10-20-15/h1-10,17,21H,11H2. The summed E-state index contributed by atoms with van der Waals surface area (Å²) in [6.07, 6.45) is -0.661. The second-order valence-electron chi connectivity index (χ2n) is 4.77. The quantitative estimate of drug-likeness (QED) is 0.745. The molecule has 3 rings (SSSR count). The minimum atomic E-state index is -2.42. The van der Waals surface area contributed by atoms with Crippen LogP contribution in [0.15, 0.2) is 60.8 Å². The van der Waals surface area contributed by atoms with Crippen LogP contribution in [0.5, 0.6) is 0 Å². The first kappa shape index (κ1) is 13.5. The Hall–Kier alpha value is -2.49. The van der Waals surface area contributed by atoms with E-state index >= 15 is 0 Å². The molecule has 21 heavy (non-hydrogen) atoms. The van der Waals surface area contributed by atoms with Gasteiger partial charge in [0.15, 0.2) is 0 Å². The lowest BCUT2D eigenvalue weighted by molar-refractivity contribution is 0.151. The number of alkyl halides is 2. The van der Waals surface area contributed by atoms with Gasteiger partial charge in [-0.15, -0.1) is 0 Å². The molecule has 0 bridgehead atoms. The summed E-state index contributed by atoms with van der Waals surface area (Å²) in [5.74, 6) is 0. The zero-order valence-corrected chi connectivity index (χ0v) is 11.3. The van der Waals surface area contributed by atoms with Crippen molar-refractivity contribution in [2.75, 3.05) is 5.32 Å². The molecule has 0 saturated heterocycles. The highest BCUT2D eigenvalue weighted by atomic mass is 19.3. The summed E-state index contributed by atoms with van der Waals surface area (Å²) in [5.41, 5.74) is 2.92. The molecule has 0 aliphatic rings. The summed E-state index contributed by atoms with van der Waals surface area (Å²) in [6, 6.07) is 16.1. The van der Waals surface area contributed by atoms with Gasteiger partial charge in [-0.1, -0.05) is 30.3 Å². The van der Waals surface area contributed by atoms with E-state index in [1.807, 2.05) is 30.3 Å². The zero-order valence-electron chi connectivity index (χ0n) is 11.3. The molecule has 0 aliphatic heterocycles. The Morgan fingerprint density at radius 3 is 2.52 bits per heavy atom. The Bertz CT molecular complexity index is 734. The van der Waals surface area contributed by atoms with Crippen LogP contribution in [-0.4, -0.2) is 4.98 Å². The van der Waals surface area contributed by atoms with Crippen molar-refractivity contribution in [1.29, 1.82) is 0 Å². The highest BCUT2D eigenvalue weighted by molar-refractivity contribution is 5.91. The van der Waals surface area contributed by atoms with Gasteiger partial charge in [-0.25, -0.2) is 8.78 Å². The van der Waals surface area contributed by atoms with Crippen LogP contribution in [0.3, 0.4) is 0 Å². The number of benzene rings is 2. The van der Waals surface area contributed by atoms with Crippen LogP contribution in [0.4, 0.5) is 14.5 Å². The summed E-state index contributed by atoms with van der Waals surface area (Å²) in [5, 5.41) is 4.37. The molecule has 106 valence electrons. The van der Waals surface area contributed by atoms with Gasteiger partial charge in [-0.3, -0.25) is 4.98 Å². The summed E-state index contributed by atoms with van der Waals surface area (Å²) >= 11 is 0. The molecule has 2 nitrogen and oxygen atoms in total. The summed E-state index contributed by atoms with van der Waals surface area (Å²) < 4.78 is 25.0. The van der Waals surface area contributed by atoms with Crippen molar-refractivity contribution in [2.24, 2.45) is 0 Å². The van der Waals surface area contributed by atoms with Crippen molar-refractivity contribution in [3.8, 4) is 0 Å².